The number of hydrogen-bond acceptors (Lipinski definition) is 5. The van der Waals surface area contributed by atoms with E-state index in [1.54, 1.807) is 18.2 Å². The monoisotopic (exact) mass is 382 g/mol. The Labute approximate surface area is 162 Å². The maximum absolute atomic E-state index is 13.3. The first-order valence-electron chi connectivity index (χ1n) is 9.38. The summed E-state index contributed by atoms with van der Waals surface area (Å²) in [6.45, 7) is 4.21. The van der Waals surface area contributed by atoms with Gasteiger partial charge in [-0.15, -0.1) is 0 Å². The SMILES string of the molecule is COc1ccc(-c2cc(=O)c3cc(N4CCN[C@@H](C)C4)ccc3o2)cc1CF. The third-order valence-corrected chi connectivity index (χ3v) is 5.15. The molecule has 1 fully saturated rings. The van der Waals surface area contributed by atoms with Crippen LogP contribution in [0.1, 0.15) is 12.5 Å². The summed E-state index contributed by atoms with van der Waals surface area (Å²) in [7, 11) is 1.50. The predicted molar refractivity (Wildman–Crippen MR) is 109 cm³/mol. The summed E-state index contributed by atoms with van der Waals surface area (Å²) >= 11 is 0. The van der Waals surface area contributed by atoms with Crippen molar-refractivity contribution in [2.24, 2.45) is 0 Å². The van der Waals surface area contributed by atoms with Crippen molar-refractivity contribution in [1.29, 1.82) is 0 Å². The highest BCUT2D eigenvalue weighted by atomic mass is 19.1. The Morgan fingerprint density at radius 1 is 1.25 bits per heavy atom. The van der Waals surface area contributed by atoms with E-state index in [9.17, 15) is 9.18 Å². The summed E-state index contributed by atoms with van der Waals surface area (Å²) in [6, 6.07) is 12.7. The second-order valence-electron chi connectivity index (χ2n) is 7.12. The van der Waals surface area contributed by atoms with Gasteiger partial charge < -0.3 is 19.4 Å². The normalized spacial score (nSPS) is 17.1. The number of nitrogens with one attached hydrogen (secondary N) is 1. The van der Waals surface area contributed by atoms with Gasteiger partial charge in [0.15, 0.2) is 5.43 Å². The smallest absolute Gasteiger partial charge is 0.193 e. The number of benzene rings is 2. The van der Waals surface area contributed by atoms with Crippen LogP contribution in [0.15, 0.2) is 51.7 Å². The molecule has 1 aliphatic heterocycles. The van der Waals surface area contributed by atoms with Gasteiger partial charge in [-0.1, -0.05) is 0 Å². The lowest BCUT2D eigenvalue weighted by Crippen LogP contribution is -2.49. The van der Waals surface area contributed by atoms with Crippen molar-refractivity contribution in [3.63, 3.8) is 0 Å². The van der Waals surface area contributed by atoms with Crippen LogP contribution >= 0.6 is 0 Å². The topological polar surface area (TPSA) is 54.7 Å². The number of halogens is 1. The molecule has 1 saturated heterocycles. The first-order chi connectivity index (χ1) is 13.6. The fraction of sp³-hybridized carbons (Fsp3) is 0.318. The zero-order valence-corrected chi connectivity index (χ0v) is 16.0. The van der Waals surface area contributed by atoms with E-state index in [4.69, 9.17) is 9.15 Å². The summed E-state index contributed by atoms with van der Waals surface area (Å²) in [5.74, 6) is 0.891. The van der Waals surface area contributed by atoms with Crippen molar-refractivity contribution in [1.82, 2.24) is 5.32 Å². The minimum atomic E-state index is -0.651. The molecule has 0 aliphatic carbocycles. The van der Waals surface area contributed by atoms with Crippen LogP contribution in [0.25, 0.3) is 22.3 Å². The maximum atomic E-state index is 13.3. The fourth-order valence-electron chi connectivity index (χ4n) is 3.69. The molecule has 1 aliphatic rings. The van der Waals surface area contributed by atoms with Gasteiger partial charge in [0.1, 0.15) is 23.8 Å². The molecule has 5 nitrogen and oxygen atoms in total. The number of fused-ring (bicyclic) bond motifs is 1. The van der Waals surface area contributed by atoms with Crippen LogP contribution in [-0.4, -0.2) is 32.8 Å². The van der Waals surface area contributed by atoms with Crippen LogP contribution in [0.5, 0.6) is 5.75 Å². The number of ether oxygens (including phenoxy) is 1. The average molecular weight is 382 g/mol. The van der Waals surface area contributed by atoms with Crippen molar-refractivity contribution in [2.45, 2.75) is 19.6 Å². The molecule has 0 spiro atoms. The van der Waals surface area contributed by atoms with Gasteiger partial charge >= 0.3 is 0 Å². The molecule has 3 aromatic rings. The molecule has 1 atom stereocenters. The molecule has 0 unspecified atom stereocenters. The Morgan fingerprint density at radius 3 is 2.86 bits per heavy atom. The van der Waals surface area contributed by atoms with Crippen molar-refractivity contribution in [3.05, 3.63) is 58.3 Å². The standard InChI is InChI=1S/C22H23FN2O3/c1-14-13-25(8-7-24-14)17-4-6-21-18(10-17)19(26)11-22(28-21)15-3-5-20(27-2)16(9-15)12-23/h3-6,9-11,14,24H,7-8,12-13H2,1-2H3/t14-/m0/s1. The van der Waals surface area contributed by atoms with Crippen LogP contribution < -0.4 is 20.4 Å². The quantitative estimate of drug-likeness (QED) is 0.745. The third kappa shape index (κ3) is 3.47. The van der Waals surface area contributed by atoms with Crippen LogP contribution in [0.3, 0.4) is 0 Å². The van der Waals surface area contributed by atoms with Gasteiger partial charge in [-0.25, -0.2) is 4.39 Å². The maximum Gasteiger partial charge on any atom is 0.193 e. The zero-order valence-electron chi connectivity index (χ0n) is 16.0. The van der Waals surface area contributed by atoms with Gasteiger partial charge in [0.2, 0.25) is 0 Å². The van der Waals surface area contributed by atoms with E-state index in [0.717, 1.165) is 25.3 Å². The van der Waals surface area contributed by atoms with Crippen molar-refractivity contribution in [2.75, 3.05) is 31.6 Å². The van der Waals surface area contributed by atoms with Crippen molar-refractivity contribution < 1.29 is 13.5 Å². The highest BCUT2D eigenvalue weighted by Crippen LogP contribution is 2.29. The second-order valence-corrected chi connectivity index (χ2v) is 7.12. The molecule has 2 heterocycles. The molecule has 0 radical (unpaired) electrons. The summed E-state index contributed by atoms with van der Waals surface area (Å²) in [4.78, 5) is 15.0. The third-order valence-electron chi connectivity index (χ3n) is 5.15. The summed E-state index contributed by atoms with van der Waals surface area (Å²) < 4.78 is 24.4. The molecule has 0 saturated carbocycles. The van der Waals surface area contributed by atoms with E-state index in [-0.39, 0.29) is 5.43 Å². The largest absolute Gasteiger partial charge is 0.496 e. The molecular weight excluding hydrogens is 359 g/mol. The van der Waals surface area contributed by atoms with E-state index < -0.39 is 6.67 Å². The molecular formula is C22H23FN2O3. The first kappa shape index (κ1) is 18.5. The zero-order chi connectivity index (χ0) is 19.7. The lowest BCUT2D eigenvalue weighted by Gasteiger charge is -2.33. The van der Waals surface area contributed by atoms with E-state index in [1.807, 2.05) is 18.2 Å². The summed E-state index contributed by atoms with van der Waals surface area (Å²) in [5.41, 5.74) is 2.49. The molecule has 0 bridgehead atoms. The molecule has 1 aromatic heterocycles. The molecule has 28 heavy (non-hydrogen) atoms. The predicted octanol–water partition coefficient (Wildman–Crippen LogP) is 3.74. The Morgan fingerprint density at radius 2 is 2.11 bits per heavy atom. The number of anilines is 1. The fourth-order valence-corrected chi connectivity index (χ4v) is 3.69. The van der Waals surface area contributed by atoms with Gasteiger partial charge in [-0.3, -0.25) is 4.79 Å². The highest BCUT2D eigenvalue weighted by molar-refractivity contribution is 5.82. The molecule has 6 heteroatoms. The lowest BCUT2D eigenvalue weighted by molar-refractivity contribution is 0.394. The van der Waals surface area contributed by atoms with Crippen molar-refractivity contribution >= 4 is 16.7 Å². The summed E-state index contributed by atoms with van der Waals surface area (Å²) in [5, 5.41) is 3.96. The molecule has 1 N–H and O–H groups in total. The van der Waals surface area contributed by atoms with Crippen molar-refractivity contribution in [3.8, 4) is 17.1 Å². The van der Waals surface area contributed by atoms with Gasteiger partial charge in [0, 0.05) is 48.6 Å². The number of alkyl halides is 1. The Hall–Kier alpha value is -2.86. The Balaban J connectivity index is 1.73. The highest BCUT2D eigenvalue weighted by Gasteiger charge is 2.17. The summed E-state index contributed by atoms with van der Waals surface area (Å²) in [6.07, 6.45) is 0. The van der Waals surface area contributed by atoms with Gasteiger partial charge in [-0.05, 0) is 43.3 Å². The number of hydrogen-bond donors (Lipinski definition) is 1. The van der Waals surface area contributed by atoms with Crippen LogP contribution in [-0.2, 0) is 6.67 Å². The van der Waals surface area contributed by atoms with E-state index in [2.05, 4.69) is 17.1 Å². The second kappa shape index (κ2) is 7.64. The van der Waals surface area contributed by atoms with Gasteiger partial charge in [-0.2, -0.15) is 0 Å². The van der Waals surface area contributed by atoms with Gasteiger partial charge in [0.25, 0.3) is 0 Å². The van der Waals surface area contributed by atoms with E-state index in [0.29, 0.717) is 39.6 Å². The van der Waals surface area contributed by atoms with Crippen LogP contribution in [0, 0.1) is 0 Å². The first-order valence-corrected chi connectivity index (χ1v) is 9.38. The Kier molecular flexibility index (Phi) is 5.05. The number of rotatable bonds is 4. The molecule has 0 amide bonds. The van der Waals surface area contributed by atoms with E-state index in [1.165, 1.54) is 13.2 Å². The Bertz CT molecular complexity index is 1060. The number of nitrogens with zero attached hydrogens (tertiary/aromatic N) is 1. The number of piperazine rings is 1. The molecule has 146 valence electrons. The number of methoxy groups -OCH3 is 1. The van der Waals surface area contributed by atoms with Crippen LogP contribution in [0.2, 0.25) is 0 Å². The molecule has 4 rings (SSSR count). The van der Waals surface area contributed by atoms with Gasteiger partial charge in [0.05, 0.1) is 12.5 Å². The van der Waals surface area contributed by atoms with E-state index >= 15 is 0 Å². The van der Waals surface area contributed by atoms with Crippen LogP contribution in [0.4, 0.5) is 10.1 Å². The molecule has 2 aromatic carbocycles. The minimum absolute atomic E-state index is 0.112. The lowest BCUT2D eigenvalue weighted by atomic mass is 10.1. The minimum Gasteiger partial charge on any atom is -0.496 e. The average Bonchev–Trinajstić information content (AvgIpc) is 2.73.